The standard InChI is InChI=1S/C31H52INO2/c1-21(2)12-9-13-22(3)14-10-15-23(4)16-11-18-31(8)19-17-27-26(7)29(33-28(34)20-32)24(5)25(6)30(27)35-31/h21-23H,9-20H2,1-8H3,(H,33,34). The van der Waals surface area contributed by atoms with Crippen molar-refractivity contribution in [1.82, 2.24) is 0 Å². The van der Waals surface area contributed by atoms with Gasteiger partial charge in [0.05, 0.1) is 4.43 Å². The molecular weight excluding hydrogens is 545 g/mol. The number of carbonyl (C=O) groups excluding carboxylic acids is 1. The molecule has 1 aliphatic heterocycles. The molecule has 0 aromatic heterocycles. The van der Waals surface area contributed by atoms with Crippen LogP contribution in [0.15, 0.2) is 0 Å². The number of halogens is 1. The molecule has 1 N–H and O–H groups in total. The Morgan fingerprint density at radius 1 is 0.914 bits per heavy atom. The van der Waals surface area contributed by atoms with Gasteiger partial charge in [0.25, 0.3) is 0 Å². The van der Waals surface area contributed by atoms with Crippen LogP contribution in [0.5, 0.6) is 5.75 Å². The third kappa shape index (κ3) is 9.23. The highest BCUT2D eigenvalue weighted by Crippen LogP contribution is 2.44. The van der Waals surface area contributed by atoms with Crippen molar-refractivity contribution in [2.75, 3.05) is 9.74 Å². The molecule has 3 atom stereocenters. The first-order valence-electron chi connectivity index (χ1n) is 14.1. The number of hydrogen-bond acceptors (Lipinski definition) is 2. The summed E-state index contributed by atoms with van der Waals surface area (Å²) in [5.74, 6) is 3.65. The van der Waals surface area contributed by atoms with Gasteiger partial charge in [0.2, 0.25) is 5.91 Å². The molecule has 1 aromatic rings. The third-order valence-corrected chi connectivity index (χ3v) is 8.99. The summed E-state index contributed by atoms with van der Waals surface area (Å²) in [4.78, 5) is 12.1. The van der Waals surface area contributed by atoms with Gasteiger partial charge < -0.3 is 10.1 Å². The molecule has 35 heavy (non-hydrogen) atoms. The molecule has 1 aliphatic rings. The predicted octanol–water partition coefficient (Wildman–Crippen LogP) is 9.51. The monoisotopic (exact) mass is 597 g/mol. The Morgan fingerprint density at radius 2 is 1.49 bits per heavy atom. The second-order valence-electron chi connectivity index (χ2n) is 12.1. The van der Waals surface area contributed by atoms with E-state index < -0.39 is 0 Å². The Balaban J connectivity index is 1.84. The third-order valence-electron chi connectivity index (χ3n) is 8.29. The van der Waals surface area contributed by atoms with Gasteiger partial charge in [-0.05, 0) is 93.4 Å². The van der Waals surface area contributed by atoms with Gasteiger partial charge in [0, 0.05) is 5.69 Å². The lowest BCUT2D eigenvalue weighted by atomic mass is 9.83. The van der Waals surface area contributed by atoms with E-state index in [0.717, 1.165) is 54.0 Å². The van der Waals surface area contributed by atoms with Gasteiger partial charge in [-0.1, -0.05) is 95.2 Å². The van der Waals surface area contributed by atoms with Crippen molar-refractivity contribution in [2.45, 2.75) is 132 Å². The van der Waals surface area contributed by atoms with Gasteiger partial charge >= 0.3 is 0 Å². The van der Waals surface area contributed by atoms with Crippen LogP contribution in [0, 0.1) is 38.5 Å². The molecule has 0 spiro atoms. The van der Waals surface area contributed by atoms with Gasteiger partial charge in [-0.25, -0.2) is 0 Å². The Hall–Kier alpha value is -0.780. The summed E-state index contributed by atoms with van der Waals surface area (Å²) in [6.45, 7) is 18.2. The maximum absolute atomic E-state index is 12.1. The molecule has 0 aliphatic carbocycles. The van der Waals surface area contributed by atoms with E-state index in [9.17, 15) is 4.79 Å². The van der Waals surface area contributed by atoms with Gasteiger partial charge in [0.15, 0.2) is 0 Å². The molecule has 0 bridgehead atoms. The number of anilines is 1. The quantitative estimate of drug-likeness (QED) is 0.171. The molecule has 3 nitrogen and oxygen atoms in total. The molecule has 0 saturated heterocycles. The van der Waals surface area contributed by atoms with E-state index in [2.05, 4.69) is 83.3 Å². The first kappa shape index (κ1) is 30.4. The minimum Gasteiger partial charge on any atom is -0.487 e. The van der Waals surface area contributed by atoms with E-state index in [4.69, 9.17) is 4.74 Å². The fourth-order valence-electron chi connectivity index (χ4n) is 5.65. The zero-order valence-electron chi connectivity index (χ0n) is 23.9. The van der Waals surface area contributed by atoms with Crippen LogP contribution in [0.4, 0.5) is 5.69 Å². The van der Waals surface area contributed by atoms with E-state index >= 15 is 0 Å². The number of benzene rings is 1. The van der Waals surface area contributed by atoms with Crippen LogP contribution in [-0.4, -0.2) is 15.9 Å². The Kier molecular flexibility index (Phi) is 12.4. The summed E-state index contributed by atoms with van der Waals surface area (Å²) in [6, 6.07) is 0. The summed E-state index contributed by atoms with van der Waals surface area (Å²) in [5.41, 5.74) is 5.67. The van der Waals surface area contributed by atoms with Crippen LogP contribution in [-0.2, 0) is 11.2 Å². The van der Waals surface area contributed by atoms with E-state index in [1.54, 1.807) is 0 Å². The molecule has 200 valence electrons. The minimum atomic E-state index is -0.0890. The number of rotatable bonds is 14. The number of carbonyl (C=O) groups is 1. The minimum absolute atomic E-state index is 0.0624. The van der Waals surface area contributed by atoms with Gasteiger partial charge in [-0.15, -0.1) is 0 Å². The fourth-order valence-corrected chi connectivity index (χ4v) is 5.84. The van der Waals surface area contributed by atoms with E-state index in [-0.39, 0.29) is 11.5 Å². The van der Waals surface area contributed by atoms with Crippen molar-refractivity contribution < 1.29 is 9.53 Å². The average molecular weight is 598 g/mol. The number of ether oxygens (including phenoxy) is 1. The largest absolute Gasteiger partial charge is 0.487 e. The molecule has 0 radical (unpaired) electrons. The van der Waals surface area contributed by atoms with Crippen LogP contribution in [0.1, 0.15) is 121 Å². The fraction of sp³-hybridized carbons (Fsp3) is 0.774. The summed E-state index contributed by atoms with van der Waals surface area (Å²) < 4.78 is 7.20. The normalized spacial score (nSPS) is 19.3. The molecule has 2 rings (SSSR count). The Labute approximate surface area is 230 Å². The van der Waals surface area contributed by atoms with Crippen LogP contribution < -0.4 is 10.1 Å². The molecule has 1 aromatic carbocycles. The maximum atomic E-state index is 12.1. The van der Waals surface area contributed by atoms with Gasteiger partial charge in [-0.3, -0.25) is 4.79 Å². The van der Waals surface area contributed by atoms with E-state index in [1.165, 1.54) is 68.1 Å². The lowest BCUT2D eigenvalue weighted by Gasteiger charge is -2.38. The van der Waals surface area contributed by atoms with Crippen LogP contribution in [0.3, 0.4) is 0 Å². The predicted molar refractivity (Wildman–Crippen MR) is 160 cm³/mol. The highest BCUT2D eigenvalue weighted by molar-refractivity contribution is 14.1. The van der Waals surface area contributed by atoms with Crippen molar-refractivity contribution in [1.29, 1.82) is 0 Å². The SMILES string of the molecule is Cc1c(C)c2c(c(C)c1NC(=O)CI)CCC(C)(CCCC(C)CCCC(C)CCCC(C)C)O2. The second-order valence-corrected chi connectivity index (χ2v) is 12.9. The first-order chi connectivity index (χ1) is 16.5. The highest BCUT2D eigenvalue weighted by Gasteiger charge is 2.34. The molecule has 4 heteroatoms. The molecule has 0 fully saturated rings. The lowest BCUT2D eigenvalue weighted by Crippen LogP contribution is -2.37. The Bertz CT molecular complexity index is 834. The highest BCUT2D eigenvalue weighted by atomic mass is 127. The first-order valence-corrected chi connectivity index (χ1v) is 15.7. The van der Waals surface area contributed by atoms with Crippen molar-refractivity contribution in [3.63, 3.8) is 0 Å². The maximum Gasteiger partial charge on any atom is 0.234 e. The second kappa shape index (κ2) is 14.2. The van der Waals surface area contributed by atoms with Gasteiger partial charge in [-0.2, -0.15) is 0 Å². The summed E-state index contributed by atoms with van der Waals surface area (Å²) in [6.07, 6.45) is 14.0. The summed E-state index contributed by atoms with van der Waals surface area (Å²) >= 11 is 2.12. The van der Waals surface area contributed by atoms with Gasteiger partial charge in [0.1, 0.15) is 11.4 Å². The molecule has 1 amide bonds. The van der Waals surface area contributed by atoms with Crippen molar-refractivity contribution in [3.8, 4) is 5.75 Å². The summed E-state index contributed by atoms with van der Waals surface area (Å²) in [5, 5.41) is 3.12. The Morgan fingerprint density at radius 3 is 2.06 bits per heavy atom. The number of fused-ring (bicyclic) bond motifs is 1. The average Bonchev–Trinajstić information content (AvgIpc) is 2.79. The van der Waals surface area contributed by atoms with E-state index in [1.807, 2.05) is 0 Å². The van der Waals surface area contributed by atoms with Crippen LogP contribution in [0.2, 0.25) is 0 Å². The smallest absolute Gasteiger partial charge is 0.234 e. The van der Waals surface area contributed by atoms with Crippen LogP contribution in [0.25, 0.3) is 0 Å². The van der Waals surface area contributed by atoms with E-state index in [0.29, 0.717) is 4.43 Å². The number of nitrogens with one attached hydrogen (secondary N) is 1. The van der Waals surface area contributed by atoms with Crippen molar-refractivity contribution in [2.24, 2.45) is 17.8 Å². The van der Waals surface area contributed by atoms with Crippen molar-refractivity contribution >= 4 is 34.2 Å². The van der Waals surface area contributed by atoms with Crippen molar-refractivity contribution in [3.05, 3.63) is 22.3 Å². The molecular formula is C31H52INO2. The molecule has 3 unspecified atom stereocenters. The molecule has 1 heterocycles. The molecule has 0 saturated carbocycles. The topological polar surface area (TPSA) is 38.3 Å². The number of amides is 1. The van der Waals surface area contributed by atoms with Crippen LogP contribution >= 0.6 is 22.6 Å². The summed E-state index contributed by atoms with van der Waals surface area (Å²) in [7, 11) is 0. The zero-order valence-corrected chi connectivity index (χ0v) is 26.1. The number of hydrogen-bond donors (Lipinski definition) is 1. The number of alkyl halides is 1. The zero-order chi connectivity index (χ0) is 26.2. The lowest BCUT2D eigenvalue weighted by molar-refractivity contribution is -0.113.